The van der Waals surface area contributed by atoms with E-state index in [0.29, 0.717) is 28.5 Å². The molecule has 4 aromatic carbocycles. The number of anilines is 2. The second kappa shape index (κ2) is 9.70. The molecule has 0 saturated carbocycles. The molecule has 38 heavy (non-hydrogen) atoms. The van der Waals surface area contributed by atoms with Crippen molar-refractivity contribution in [3.05, 3.63) is 108 Å². The van der Waals surface area contributed by atoms with Crippen LogP contribution in [-0.2, 0) is 16.6 Å². The van der Waals surface area contributed by atoms with Crippen molar-refractivity contribution in [1.82, 2.24) is 24.9 Å². The van der Waals surface area contributed by atoms with Gasteiger partial charge in [0.2, 0.25) is 10.0 Å². The number of benzene rings is 4. The Hall–Kier alpha value is -4.60. The van der Waals surface area contributed by atoms with Crippen molar-refractivity contribution in [3.63, 3.8) is 0 Å². The first kappa shape index (κ1) is 23.8. The summed E-state index contributed by atoms with van der Waals surface area (Å²) in [6, 6.07) is 30.5. The Morgan fingerprint density at radius 3 is 2.37 bits per heavy atom. The Morgan fingerprint density at radius 1 is 0.816 bits per heavy atom. The average Bonchev–Trinajstić information content (AvgIpc) is 3.36. The predicted molar refractivity (Wildman–Crippen MR) is 150 cm³/mol. The zero-order chi connectivity index (χ0) is 26.1. The van der Waals surface area contributed by atoms with Crippen molar-refractivity contribution in [2.75, 3.05) is 5.32 Å². The molecule has 9 heteroatoms. The molecule has 2 aromatic heterocycles. The zero-order valence-corrected chi connectivity index (χ0v) is 21.3. The van der Waals surface area contributed by atoms with Crippen molar-refractivity contribution in [3.8, 4) is 11.3 Å². The van der Waals surface area contributed by atoms with E-state index in [9.17, 15) is 8.42 Å². The van der Waals surface area contributed by atoms with Crippen LogP contribution in [0.2, 0.25) is 0 Å². The number of rotatable bonds is 7. The van der Waals surface area contributed by atoms with Gasteiger partial charge in [0.05, 0.1) is 22.5 Å². The molecule has 0 amide bonds. The number of aromatic amines is 1. The third-order valence-corrected chi connectivity index (χ3v) is 7.89. The number of para-hydroxylation sites is 3. The van der Waals surface area contributed by atoms with Gasteiger partial charge in [0.15, 0.2) is 5.82 Å². The van der Waals surface area contributed by atoms with E-state index < -0.39 is 10.0 Å². The molecule has 188 valence electrons. The first-order valence-electron chi connectivity index (χ1n) is 12.1. The van der Waals surface area contributed by atoms with Crippen LogP contribution in [0.4, 0.5) is 11.5 Å². The lowest BCUT2D eigenvalue weighted by molar-refractivity contribution is 0.579. The highest BCUT2D eigenvalue weighted by atomic mass is 32.2. The summed E-state index contributed by atoms with van der Waals surface area (Å²) in [6.45, 7) is 1.82. The monoisotopic (exact) mass is 520 g/mol. The summed E-state index contributed by atoms with van der Waals surface area (Å²) in [5.74, 6) is 1.17. The molecule has 0 aliphatic heterocycles. The van der Waals surface area contributed by atoms with Crippen LogP contribution in [0.25, 0.3) is 33.1 Å². The van der Waals surface area contributed by atoms with Crippen LogP contribution in [0.1, 0.15) is 11.4 Å². The first-order valence-corrected chi connectivity index (χ1v) is 13.6. The smallest absolute Gasteiger partial charge is 0.241 e. The van der Waals surface area contributed by atoms with Crippen molar-refractivity contribution < 1.29 is 8.42 Å². The summed E-state index contributed by atoms with van der Waals surface area (Å²) in [5.41, 5.74) is 4.44. The second-order valence-corrected chi connectivity index (χ2v) is 10.7. The molecule has 6 aromatic rings. The molecule has 0 bridgehead atoms. The van der Waals surface area contributed by atoms with Crippen molar-refractivity contribution in [1.29, 1.82) is 0 Å². The fourth-order valence-electron chi connectivity index (χ4n) is 4.44. The number of imidazole rings is 1. The third kappa shape index (κ3) is 4.60. The highest BCUT2D eigenvalue weighted by Gasteiger charge is 2.20. The van der Waals surface area contributed by atoms with Gasteiger partial charge in [-0.15, -0.1) is 10.2 Å². The summed E-state index contributed by atoms with van der Waals surface area (Å²) < 4.78 is 29.4. The van der Waals surface area contributed by atoms with Gasteiger partial charge in [-0.2, -0.15) is 0 Å². The van der Waals surface area contributed by atoms with Crippen LogP contribution in [0, 0.1) is 6.92 Å². The maximum Gasteiger partial charge on any atom is 0.241 e. The van der Waals surface area contributed by atoms with Crippen LogP contribution in [0.15, 0.2) is 102 Å². The summed E-state index contributed by atoms with van der Waals surface area (Å²) >= 11 is 0. The predicted octanol–water partition coefficient (Wildman–Crippen LogP) is 5.70. The average molecular weight is 521 g/mol. The Balaban J connectivity index is 1.33. The fourth-order valence-corrected chi connectivity index (χ4v) is 5.69. The van der Waals surface area contributed by atoms with E-state index in [1.807, 2.05) is 84.9 Å². The largest absolute Gasteiger partial charge is 0.341 e. The van der Waals surface area contributed by atoms with E-state index in [1.54, 1.807) is 19.1 Å². The normalized spacial score (nSPS) is 11.7. The van der Waals surface area contributed by atoms with E-state index in [2.05, 4.69) is 30.2 Å². The number of sulfonamides is 1. The molecule has 8 nitrogen and oxygen atoms in total. The second-order valence-electron chi connectivity index (χ2n) is 8.94. The van der Waals surface area contributed by atoms with E-state index in [1.165, 1.54) is 0 Å². The molecular weight excluding hydrogens is 496 g/mol. The van der Waals surface area contributed by atoms with Crippen LogP contribution in [-0.4, -0.2) is 28.6 Å². The Kier molecular flexibility index (Phi) is 6.07. The third-order valence-electron chi connectivity index (χ3n) is 6.34. The number of H-pyrrole nitrogens is 1. The number of aromatic nitrogens is 4. The van der Waals surface area contributed by atoms with Gasteiger partial charge in [0.25, 0.3) is 0 Å². The first-order chi connectivity index (χ1) is 18.5. The summed E-state index contributed by atoms with van der Waals surface area (Å²) in [7, 11) is -3.83. The number of aryl methyl sites for hydroxylation is 1. The molecule has 0 spiro atoms. The van der Waals surface area contributed by atoms with Gasteiger partial charge < -0.3 is 10.3 Å². The van der Waals surface area contributed by atoms with E-state index in [0.717, 1.165) is 27.5 Å². The lowest BCUT2D eigenvalue weighted by Crippen LogP contribution is -2.24. The van der Waals surface area contributed by atoms with Crippen LogP contribution < -0.4 is 10.0 Å². The lowest BCUT2D eigenvalue weighted by Gasteiger charge is -2.13. The molecule has 2 heterocycles. The van der Waals surface area contributed by atoms with Gasteiger partial charge in [0.1, 0.15) is 11.5 Å². The molecule has 0 atom stereocenters. The topological polar surface area (TPSA) is 113 Å². The fraction of sp³-hybridized carbons (Fsp3) is 0.0690. The zero-order valence-electron chi connectivity index (χ0n) is 20.5. The van der Waals surface area contributed by atoms with Gasteiger partial charge in [-0.3, -0.25) is 0 Å². The van der Waals surface area contributed by atoms with Crippen molar-refractivity contribution in [2.45, 2.75) is 18.4 Å². The van der Waals surface area contributed by atoms with E-state index >= 15 is 0 Å². The standard InChI is InChI=1S/C29H24N6O2S/c1-19-15-16-20(17-26(19)38(36,37)30-18-27-32-24-13-7-8-14-25(24)33-27)28-22-11-5-6-12-23(22)29(35-34-28)31-21-9-3-2-4-10-21/h2-17,30H,18H2,1H3,(H,31,35)(H,32,33). The van der Waals surface area contributed by atoms with Gasteiger partial charge in [-0.05, 0) is 42.8 Å². The van der Waals surface area contributed by atoms with E-state index in [-0.39, 0.29) is 11.4 Å². The quantitative estimate of drug-likeness (QED) is 0.249. The number of fused-ring (bicyclic) bond motifs is 2. The SMILES string of the molecule is Cc1ccc(-c2nnc(Nc3ccccc3)c3ccccc23)cc1S(=O)(=O)NCc1nc2ccccc2[nH]1. The molecular formula is C29H24N6O2S. The van der Waals surface area contributed by atoms with Crippen molar-refractivity contribution in [2.24, 2.45) is 0 Å². The van der Waals surface area contributed by atoms with Crippen molar-refractivity contribution >= 4 is 43.3 Å². The van der Waals surface area contributed by atoms with Crippen LogP contribution in [0.5, 0.6) is 0 Å². The molecule has 3 N–H and O–H groups in total. The highest BCUT2D eigenvalue weighted by Crippen LogP contribution is 2.32. The van der Waals surface area contributed by atoms with Gasteiger partial charge in [0, 0.05) is 22.0 Å². The lowest BCUT2D eigenvalue weighted by atomic mass is 10.0. The number of nitrogens with one attached hydrogen (secondary N) is 3. The molecule has 6 rings (SSSR count). The molecule has 0 aliphatic rings. The molecule has 0 radical (unpaired) electrons. The van der Waals surface area contributed by atoms with Gasteiger partial charge in [-0.25, -0.2) is 18.1 Å². The Labute approximate surface area is 219 Å². The highest BCUT2D eigenvalue weighted by molar-refractivity contribution is 7.89. The summed E-state index contributed by atoms with van der Waals surface area (Å²) in [4.78, 5) is 7.80. The van der Waals surface area contributed by atoms with Crippen LogP contribution in [0.3, 0.4) is 0 Å². The minimum Gasteiger partial charge on any atom is -0.341 e. The molecule has 0 aliphatic carbocycles. The minimum atomic E-state index is -3.83. The Bertz CT molecular complexity index is 1850. The number of nitrogens with zero attached hydrogens (tertiary/aromatic N) is 3. The molecule has 0 saturated heterocycles. The maximum absolute atomic E-state index is 13.3. The summed E-state index contributed by atoms with van der Waals surface area (Å²) in [5, 5.41) is 14.0. The summed E-state index contributed by atoms with van der Waals surface area (Å²) in [6.07, 6.45) is 0. The van der Waals surface area contributed by atoms with E-state index in [4.69, 9.17) is 0 Å². The molecule has 0 fully saturated rings. The van der Waals surface area contributed by atoms with Crippen LogP contribution >= 0.6 is 0 Å². The number of hydrogen-bond donors (Lipinski definition) is 3. The van der Waals surface area contributed by atoms with Gasteiger partial charge >= 0.3 is 0 Å². The maximum atomic E-state index is 13.3. The molecule has 0 unspecified atom stereocenters. The minimum absolute atomic E-state index is 0.0449. The van der Waals surface area contributed by atoms with Gasteiger partial charge in [-0.1, -0.05) is 66.7 Å². The Morgan fingerprint density at radius 2 is 1.55 bits per heavy atom. The number of hydrogen-bond acceptors (Lipinski definition) is 6.